The molecule has 1 aliphatic rings. The van der Waals surface area contributed by atoms with Crippen LogP contribution in [0, 0.1) is 0 Å². The van der Waals surface area contributed by atoms with E-state index in [1.54, 1.807) is 7.11 Å². The van der Waals surface area contributed by atoms with Gasteiger partial charge in [0, 0.05) is 6.54 Å². The molecule has 0 bridgehead atoms. The van der Waals surface area contributed by atoms with Crippen LogP contribution in [0.1, 0.15) is 42.4 Å². The topological polar surface area (TPSA) is 21.3 Å². The lowest BCUT2D eigenvalue weighted by Gasteiger charge is -2.23. The molecule has 1 atom stereocenters. The maximum atomic E-state index is 4.87. The van der Waals surface area contributed by atoms with Crippen molar-refractivity contribution in [3.05, 3.63) is 34.9 Å². The molecule has 1 N–H and O–H groups in total. The Labute approximate surface area is 91.6 Å². The van der Waals surface area contributed by atoms with Crippen molar-refractivity contribution >= 4 is 0 Å². The van der Waals surface area contributed by atoms with Gasteiger partial charge in [-0.3, -0.25) is 0 Å². The molecule has 0 aromatic heterocycles. The maximum absolute atomic E-state index is 4.87. The molecule has 0 amide bonds. The summed E-state index contributed by atoms with van der Waals surface area (Å²) in [4.78, 5) is 4.87. The minimum atomic E-state index is 0.719. The third-order valence-electron chi connectivity index (χ3n) is 3.25. The van der Waals surface area contributed by atoms with E-state index < -0.39 is 0 Å². The summed E-state index contributed by atoms with van der Waals surface area (Å²) in [6, 6.07) is 6.80. The number of fused-ring (bicyclic) bond motifs is 1. The molecule has 0 fully saturated rings. The van der Waals surface area contributed by atoms with Crippen molar-refractivity contribution in [1.29, 1.82) is 0 Å². The molecule has 1 aliphatic carbocycles. The molecule has 1 aromatic rings. The molecular formula is C13H19NO. The van der Waals surface area contributed by atoms with Crippen LogP contribution in [0.2, 0.25) is 0 Å². The fourth-order valence-corrected chi connectivity index (χ4v) is 2.35. The van der Waals surface area contributed by atoms with Crippen molar-refractivity contribution in [2.45, 2.75) is 38.6 Å². The Hall–Kier alpha value is -0.860. The molecular weight excluding hydrogens is 186 g/mol. The monoisotopic (exact) mass is 205 g/mol. The molecule has 0 aliphatic heterocycles. The zero-order valence-corrected chi connectivity index (χ0v) is 9.55. The molecule has 0 heterocycles. The molecule has 0 saturated carbocycles. The first-order valence-electron chi connectivity index (χ1n) is 5.69. The molecule has 0 spiro atoms. The van der Waals surface area contributed by atoms with Gasteiger partial charge in [-0.1, -0.05) is 25.1 Å². The lowest BCUT2D eigenvalue weighted by molar-refractivity contribution is 0.0867. The Kier molecular flexibility index (Phi) is 3.39. The van der Waals surface area contributed by atoms with Gasteiger partial charge in [0.25, 0.3) is 0 Å². The van der Waals surface area contributed by atoms with Gasteiger partial charge >= 0.3 is 0 Å². The van der Waals surface area contributed by atoms with Crippen LogP contribution in [0.5, 0.6) is 0 Å². The molecule has 2 rings (SSSR count). The van der Waals surface area contributed by atoms with Crippen LogP contribution in [0.25, 0.3) is 0 Å². The summed E-state index contributed by atoms with van der Waals surface area (Å²) < 4.78 is 0. The Morgan fingerprint density at radius 1 is 1.47 bits per heavy atom. The summed E-state index contributed by atoms with van der Waals surface area (Å²) in [5, 5.41) is 0. The van der Waals surface area contributed by atoms with Crippen molar-refractivity contribution in [2.75, 3.05) is 7.11 Å². The van der Waals surface area contributed by atoms with Crippen LogP contribution in [0.4, 0.5) is 0 Å². The standard InChI is InChI=1S/C13H19NO/c1-10-4-3-5-12-7-6-11(8-13(10)12)9-14-15-2/h6-8,10,14H,3-5,9H2,1-2H3. The van der Waals surface area contributed by atoms with E-state index >= 15 is 0 Å². The molecule has 1 aromatic carbocycles. The first-order valence-corrected chi connectivity index (χ1v) is 5.69. The van der Waals surface area contributed by atoms with Crippen molar-refractivity contribution in [1.82, 2.24) is 5.48 Å². The van der Waals surface area contributed by atoms with Gasteiger partial charge in [0.1, 0.15) is 0 Å². The Morgan fingerprint density at radius 2 is 2.33 bits per heavy atom. The highest BCUT2D eigenvalue weighted by atomic mass is 16.6. The smallest absolute Gasteiger partial charge is 0.0572 e. The molecule has 15 heavy (non-hydrogen) atoms. The lowest BCUT2D eigenvalue weighted by Crippen LogP contribution is -2.13. The summed E-state index contributed by atoms with van der Waals surface area (Å²) >= 11 is 0. The predicted octanol–water partition coefficient (Wildman–Crippen LogP) is 2.78. The van der Waals surface area contributed by atoms with Crippen molar-refractivity contribution < 1.29 is 4.84 Å². The third kappa shape index (κ3) is 2.39. The summed E-state index contributed by atoms with van der Waals surface area (Å²) in [7, 11) is 1.65. The molecule has 2 nitrogen and oxygen atoms in total. The third-order valence-corrected chi connectivity index (χ3v) is 3.25. The van der Waals surface area contributed by atoms with Gasteiger partial charge in [0.2, 0.25) is 0 Å². The number of hydrogen-bond acceptors (Lipinski definition) is 2. The Morgan fingerprint density at radius 3 is 3.13 bits per heavy atom. The second kappa shape index (κ2) is 4.77. The zero-order valence-electron chi connectivity index (χ0n) is 9.55. The fraction of sp³-hybridized carbons (Fsp3) is 0.538. The minimum Gasteiger partial charge on any atom is -0.305 e. The second-order valence-corrected chi connectivity index (χ2v) is 4.35. The van der Waals surface area contributed by atoms with E-state index in [2.05, 4.69) is 30.6 Å². The Bertz CT molecular complexity index is 335. The maximum Gasteiger partial charge on any atom is 0.0572 e. The van der Waals surface area contributed by atoms with Crippen molar-refractivity contribution in [3.63, 3.8) is 0 Å². The molecule has 2 heteroatoms. The van der Waals surface area contributed by atoms with Gasteiger partial charge in [-0.05, 0) is 41.9 Å². The SMILES string of the molecule is CONCc1ccc2c(c1)C(C)CCC2. The van der Waals surface area contributed by atoms with Crippen LogP contribution in [0.3, 0.4) is 0 Å². The van der Waals surface area contributed by atoms with Crippen LogP contribution >= 0.6 is 0 Å². The number of aryl methyl sites for hydroxylation is 1. The summed E-state index contributed by atoms with van der Waals surface area (Å²) in [5.74, 6) is 0.719. The highest BCUT2D eigenvalue weighted by molar-refractivity contribution is 5.36. The van der Waals surface area contributed by atoms with Gasteiger partial charge in [-0.15, -0.1) is 0 Å². The number of hydrogen-bond donors (Lipinski definition) is 1. The molecule has 0 radical (unpaired) electrons. The summed E-state index contributed by atoms with van der Waals surface area (Å²) in [6.07, 6.45) is 3.91. The van der Waals surface area contributed by atoms with E-state index in [0.717, 1.165) is 12.5 Å². The normalized spacial score (nSPS) is 20.0. The summed E-state index contributed by atoms with van der Waals surface area (Å²) in [6.45, 7) is 3.11. The molecule has 1 unspecified atom stereocenters. The van der Waals surface area contributed by atoms with Gasteiger partial charge in [0.15, 0.2) is 0 Å². The zero-order chi connectivity index (χ0) is 10.7. The van der Waals surface area contributed by atoms with Gasteiger partial charge in [-0.2, -0.15) is 5.48 Å². The van der Waals surface area contributed by atoms with E-state index in [1.165, 1.54) is 36.0 Å². The highest BCUT2D eigenvalue weighted by Gasteiger charge is 2.16. The van der Waals surface area contributed by atoms with Crippen molar-refractivity contribution in [2.24, 2.45) is 0 Å². The van der Waals surface area contributed by atoms with Gasteiger partial charge in [0.05, 0.1) is 7.11 Å². The largest absolute Gasteiger partial charge is 0.305 e. The van der Waals surface area contributed by atoms with E-state index in [9.17, 15) is 0 Å². The molecule has 82 valence electrons. The summed E-state index contributed by atoms with van der Waals surface area (Å²) in [5.41, 5.74) is 7.27. The second-order valence-electron chi connectivity index (χ2n) is 4.35. The predicted molar refractivity (Wildman–Crippen MR) is 61.6 cm³/mol. The van der Waals surface area contributed by atoms with Crippen LogP contribution in [-0.2, 0) is 17.8 Å². The van der Waals surface area contributed by atoms with Crippen molar-refractivity contribution in [3.8, 4) is 0 Å². The lowest BCUT2D eigenvalue weighted by atomic mass is 9.83. The Balaban J connectivity index is 2.19. The first-order chi connectivity index (χ1) is 7.31. The number of nitrogens with one attached hydrogen (secondary N) is 1. The quantitative estimate of drug-likeness (QED) is 0.766. The average Bonchev–Trinajstić information content (AvgIpc) is 2.27. The van der Waals surface area contributed by atoms with E-state index in [1.807, 2.05) is 0 Å². The van der Waals surface area contributed by atoms with Gasteiger partial charge < -0.3 is 4.84 Å². The number of rotatable bonds is 3. The van der Waals surface area contributed by atoms with E-state index in [-0.39, 0.29) is 0 Å². The van der Waals surface area contributed by atoms with E-state index in [4.69, 9.17) is 4.84 Å². The van der Waals surface area contributed by atoms with Crippen LogP contribution in [0.15, 0.2) is 18.2 Å². The fourth-order valence-electron chi connectivity index (χ4n) is 2.35. The number of hydroxylamine groups is 1. The van der Waals surface area contributed by atoms with Gasteiger partial charge in [-0.25, -0.2) is 0 Å². The number of benzene rings is 1. The van der Waals surface area contributed by atoms with Crippen LogP contribution < -0.4 is 5.48 Å². The first kappa shape index (κ1) is 10.7. The highest BCUT2D eigenvalue weighted by Crippen LogP contribution is 2.31. The average molecular weight is 205 g/mol. The van der Waals surface area contributed by atoms with E-state index in [0.29, 0.717) is 0 Å². The van der Waals surface area contributed by atoms with Crippen LogP contribution in [-0.4, -0.2) is 7.11 Å². The minimum absolute atomic E-state index is 0.719. The molecule has 0 saturated heterocycles.